The van der Waals surface area contributed by atoms with Gasteiger partial charge in [-0.25, -0.2) is 9.59 Å². The van der Waals surface area contributed by atoms with Crippen LogP contribution in [0.5, 0.6) is 0 Å². The van der Waals surface area contributed by atoms with E-state index in [0.29, 0.717) is 42.7 Å². The summed E-state index contributed by atoms with van der Waals surface area (Å²) in [5.41, 5.74) is 2.09. The minimum atomic E-state index is -1.37. The number of alkyl halides is 2. The zero-order chi connectivity index (χ0) is 54.2. The average molecular weight is 1190 g/mol. The van der Waals surface area contributed by atoms with E-state index in [4.69, 9.17) is 79.1 Å². The first kappa shape index (κ1) is 63.0. The number of esters is 2. The van der Waals surface area contributed by atoms with E-state index < -0.39 is 74.0 Å². The summed E-state index contributed by atoms with van der Waals surface area (Å²) in [6, 6.07) is 18.2. The first-order chi connectivity index (χ1) is 35.2. The number of benzene rings is 2. The number of thiophene rings is 2. The van der Waals surface area contributed by atoms with E-state index >= 15 is 0 Å². The Bertz CT molecular complexity index is 2150. The highest BCUT2D eigenvalue weighted by atomic mass is 35.5. The van der Waals surface area contributed by atoms with Gasteiger partial charge in [-0.15, -0.1) is 45.9 Å². The first-order valence-corrected chi connectivity index (χ1v) is 29.3. The van der Waals surface area contributed by atoms with Crippen molar-refractivity contribution in [3.05, 3.63) is 111 Å². The van der Waals surface area contributed by atoms with E-state index in [1.165, 1.54) is 22.7 Å². The van der Waals surface area contributed by atoms with Crippen LogP contribution in [0.4, 0.5) is 0 Å². The molecule has 2 aromatic carbocycles. The van der Waals surface area contributed by atoms with Crippen molar-refractivity contribution in [2.45, 2.75) is 163 Å². The third-order valence-corrected chi connectivity index (χ3v) is 18.3. The Morgan fingerprint density at radius 2 is 0.878 bits per heavy atom. The van der Waals surface area contributed by atoms with E-state index in [0.717, 1.165) is 85.1 Å². The van der Waals surface area contributed by atoms with E-state index in [2.05, 4.69) is 0 Å². The summed E-state index contributed by atoms with van der Waals surface area (Å²) in [7, 11) is 0. The van der Waals surface area contributed by atoms with E-state index in [1.807, 2.05) is 36.4 Å². The monoisotopic (exact) mass is 1180 g/mol. The van der Waals surface area contributed by atoms with Gasteiger partial charge in [0, 0.05) is 40.6 Å². The number of hydrogen-bond donors (Lipinski definition) is 8. The molecule has 0 unspecified atom stereocenters. The highest BCUT2D eigenvalue weighted by molar-refractivity contribution is 7.14. The number of halogens is 6. The summed E-state index contributed by atoms with van der Waals surface area (Å²) in [5.74, 6) is -0.558. The molecule has 2 fully saturated rings. The fourth-order valence-corrected chi connectivity index (χ4v) is 14.0. The van der Waals surface area contributed by atoms with Gasteiger partial charge in [-0.1, -0.05) is 60.3 Å². The fraction of sp³-hybridized carbons (Fsp3) is 0.593. The molecule has 0 spiro atoms. The van der Waals surface area contributed by atoms with Gasteiger partial charge in [-0.05, 0) is 185 Å². The molecule has 0 saturated heterocycles. The van der Waals surface area contributed by atoms with Crippen LogP contribution in [0.15, 0.2) is 60.7 Å². The lowest BCUT2D eigenvalue weighted by atomic mass is 9.85. The molecule has 2 aliphatic rings. The van der Waals surface area contributed by atoms with Crippen LogP contribution in [0.3, 0.4) is 0 Å². The summed E-state index contributed by atoms with van der Waals surface area (Å²) in [4.78, 5) is 27.6. The van der Waals surface area contributed by atoms with E-state index in [9.17, 15) is 50.4 Å². The van der Waals surface area contributed by atoms with Crippen LogP contribution in [-0.4, -0.2) is 126 Å². The molecular weight excluding hydrogens is 1120 g/mol. The number of hydrogen-bond acceptors (Lipinski definition) is 14. The largest absolute Gasteiger partial charge is 0.459 e. The third kappa shape index (κ3) is 19.2. The molecule has 20 heteroatoms. The second kappa shape index (κ2) is 31.1. The van der Waals surface area contributed by atoms with Crippen molar-refractivity contribution in [2.24, 2.45) is 23.7 Å². The van der Waals surface area contributed by atoms with Crippen molar-refractivity contribution in [2.75, 3.05) is 13.2 Å². The molecular formula is C54H70Cl6O12S2. The van der Waals surface area contributed by atoms with Gasteiger partial charge in [0.25, 0.3) is 0 Å². The number of ether oxygens (including phenoxy) is 2. The normalized spacial score (nSPS) is 24.1. The minimum Gasteiger partial charge on any atom is -0.459 e. The number of carbonyl (C=O) groups excluding carboxylic acids is 2. The number of aliphatic hydroxyl groups excluding tert-OH is 8. The number of aliphatic hydroxyl groups is 8. The maximum absolute atomic E-state index is 12.3. The van der Waals surface area contributed by atoms with Gasteiger partial charge < -0.3 is 50.3 Å². The van der Waals surface area contributed by atoms with Gasteiger partial charge >= 0.3 is 11.9 Å². The number of aryl methyl sites for hydroxylation is 4. The topological polar surface area (TPSA) is 214 Å². The molecule has 74 heavy (non-hydrogen) atoms. The summed E-state index contributed by atoms with van der Waals surface area (Å²) in [5, 5.41) is 82.2. The Morgan fingerprint density at radius 1 is 0.527 bits per heavy atom. The van der Waals surface area contributed by atoms with Crippen LogP contribution in [0, 0.1) is 23.7 Å². The maximum Gasteiger partial charge on any atom is 0.348 e. The molecule has 2 saturated carbocycles. The molecule has 14 atom stereocenters. The molecule has 2 heterocycles. The Morgan fingerprint density at radius 3 is 1.22 bits per heavy atom. The van der Waals surface area contributed by atoms with Crippen LogP contribution in [0.2, 0.25) is 20.1 Å². The Hall–Kier alpha value is -1.80. The number of rotatable bonds is 26. The quantitative estimate of drug-likeness (QED) is 0.0218. The van der Waals surface area contributed by atoms with Crippen LogP contribution in [-0.2, 0) is 35.2 Å². The predicted molar refractivity (Wildman–Crippen MR) is 296 cm³/mol. The molecule has 12 nitrogen and oxygen atoms in total. The minimum absolute atomic E-state index is 0.0789. The zero-order valence-corrected chi connectivity index (χ0v) is 47.6. The van der Waals surface area contributed by atoms with E-state index in [1.54, 1.807) is 38.1 Å². The number of carbonyl (C=O) groups is 2. The lowest BCUT2D eigenvalue weighted by molar-refractivity contribution is -0.0802. The van der Waals surface area contributed by atoms with Crippen molar-refractivity contribution in [1.29, 1.82) is 0 Å². The lowest BCUT2D eigenvalue weighted by Crippen LogP contribution is -2.40. The second-order valence-corrected chi connectivity index (χ2v) is 24.7. The first-order valence-electron chi connectivity index (χ1n) is 25.3. The molecule has 0 bridgehead atoms. The van der Waals surface area contributed by atoms with Gasteiger partial charge in [0.05, 0.1) is 24.4 Å². The van der Waals surface area contributed by atoms with Crippen molar-refractivity contribution in [3.8, 4) is 0 Å². The van der Waals surface area contributed by atoms with Gasteiger partial charge in [-0.2, -0.15) is 0 Å². The predicted octanol–water partition coefficient (Wildman–Crippen LogP) is 10.5. The van der Waals surface area contributed by atoms with Crippen molar-refractivity contribution >= 4 is 104 Å². The maximum atomic E-state index is 12.3. The summed E-state index contributed by atoms with van der Waals surface area (Å²) in [6.07, 6.45) is 1.41. The Kier molecular flexibility index (Phi) is 26.5. The summed E-state index contributed by atoms with van der Waals surface area (Å²) < 4.78 is 10.2. The van der Waals surface area contributed by atoms with Crippen LogP contribution < -0.4 is 0 Å². The van der Waals surface area contributed by atoms with Crippen molar-refractivity contribution in [1.82, 2.24) is 0 Å². The molecule has 4 aromatic rings. The molecule has 0 radical (unpaired) electrons. The van der Waals surface area contributed by atoms with Crippen LogP contribution >= 0.6 is 92.3 Å². The van der Waals surface area contributed by atoms with Gasteiger partial charge in [0.1, 0.15) is 47.4 Å². The Balaban J connectivity index is 0.000000274. The lowest BCUT2D eigenvalue weighted by Gasteiger charge is -2.23. The van der Waals surface area contributed by atoms with Gasteiger partial charge in [-0.3, -0.25) is 0 Å². The standard InChI is InChI=1S/2C27H35Cl3O6S/c2*1-2-22(31)26(34)24(33)14-36-27(35)25-9-7-18(37-25)4-3-5-19-20(23(32)13-21(19)30)8-6-15-10-16(28)12-17(29)11-15/h2*7,9-12,19-24,26,31-34H,2-6,8,13-14H2,1H3/t19-,20-,21-,22+,23-,24+,26+;19-,20-,21-,22-,23-,24+,26+/m11/s1. The third-order valence-electron chi connectivity index (χ3n) is 14.2. The highest BCUT2D eigenvalue weighted by Gasteiger charge is 2.42. The Labute approximate surface area is 472 Å². The average Bonchev–Trinajstić information content (AvgIpc) is 4.15. The molecule has 412 valence electrons. The van der Waals surface area contributed by atoms with Crippen LogP contribution in [0.1, 0.15) is 118 Å². The fourth-order valence-electron chi connectivity index (χ4n) is 9.97. The van der Waals surface area contributed by atoms with Crippen molar-refractivity contribution < 1.29 is 59.9 Å². The van der Waals surface area contributed by atoms with E-state index in [-0.39, 0.29) is 47.3 Å². The van der Waals surface area contributed by atoms with Gasteiger partial charge in [0.15, 0.2) is 0 Å². The SMILES string of the molecule is CC[C@@H](O)[C@H](O)[C@@H](O)COC(=O)c1ccc(CCC[C@@H]2[C@@H](CCc3cc(Cl)cc(Cl)c3)[C@H](O)C[C@H]2Cl)s1.CC[C@H](O)[C@H](O)[C@@H](O)COC(=O)c1ccc(CCC[C@@H]2[C@@H](CCc3cc(Cl)cc(Cl)c3)[C@H](O)C[C@H]2Cl)s1. The molecule has 0 aliphatic heterocycles. The summed E-state index contributed by atoms with van der Waals surface area (Å²) >= 11 is 40.4. The molecule has 6 rings (SSSR count). The molecule has 2 aliphatic carbocycles. The smallest absolute Gasteiger partial charge is 0.348 e. The van der Waals surface area contributed by atoms with Crippen molar-refractivity contribution in [3.63, 3.8) is 0 Å². The summed E-state index contributed by atoms with van der Waals surface area (Å²) in [6.45, 7) is 2.57. The van der Waals surface area contributed by atoms with Gasteiger partial charge in [0.2, 0.25) is 0 Å². The molecule has 8 N–H and O–H groups in total. The molecule has 2 aromatic heterocycles. The highest BCUT2D eigenvalue weighted by Crippen LogP contribution is 2.43. The second-order valence-electron chi connectivity index (χ2n) is 19.5. The zero-order valence-electron chi connectivity index (χ0n) is 41.5. The molecule has 0 amide bonds. The van der Waals surface area contributed by atoms with Crippen LogP contribution in [0.25, 0.3) is 0 Å².